The van der Waals surface area contributed by atoms with Gasteiger partial charge in [-0.25, -0.2) is 12.8 Å². The van der Waals surface area contributed by atoms with Crippen molar-refractivity contribution in [2.24, 2.45) is 0 Å². The molecule has 8 heteroatoms. The Balaban J connectivity index is 1.59. The van der Waals surface area contributed by atoms with Crippen LogP contribution in [0, 0.1) is 5.82 Å². The van der Waals surface area contributed by atoms with Crippen molar-refractivity contribution in [1.82, 2.24) is 5.32 Å². The number of sulfonamides is 1. The van der Waals surface area contributed by atoms with Gasteiger partial charge in [-0.1, -0.05) is 36.4 Å². The summed E-state index contributed by atoms with van der Waals surface area (Å²) in [5.74, 6) is -0.419. The normalized spacial score (nSPS) is 12.4. The number of anilines is 1. The standard InChI is InChI=1S/C22H23FN2O4S/c1-16(25(30(2,27)28)20-9-5-8-19(23)15-20)22(26)24-12-13-29-21-11-10-17-6-3-4-7-18(17)14-21/h3-11,14-16H,12-13H2,1-2H3,(H,24,26)/t16-/m0/s1. The summed E-state index contributed by atoms with van der Waals surface area (Å²) in [6.07, 6.45) is 0.977. The largest absolute Gasteiger partial charge is 0.492 e. The third-order valence-corrected chi connectivity index (χ3v) is 5.78. The molecular formula is C22H23FN2O4S. The van der Waals surface area contributed by atoms with Crippen molar-refractivity contribution in [2.75, 3.05) is 23.7 Å². The molecule has 1 amide bonds. The van der Waals surface area contributed by atoms with Gasteiger partial charge in [-0.3, -0.25) is 9.10 Å². The highest BCUT2D eigenvalue weighted by molar-refractivity contribution is 7.92. The number of rotatable bonds is 8. The number of hydrogen-bond acceptors (Lipinski definition) is 4. The third kappa shape index (κ3) is 5.27. The zero-order valence-electron chi connectivity index (χ0n) is 16.7. The lowest BCUT2D eigenvalue weighted by atomic mass is 10.1. The molecule has 3 rings (SSSR count). The van der Waals surface area contributed by atoms with Gasteiger partial charge in [-0.2, -0.15) is 0 Å². The highest BCUT2D eigenvalue weighted by Gasteiger charge is 2.29. The summed E-state index contributed by atoms with van der Waals surface area (Å²) in [7, 11) is -3.80. The van der Waals surface area contributed by atoms with Crippen LogP contribution in [0.15, 0.2) is 66.7 Å². The van der Waals surface area contributed by atoms with E-state index < -0.39 is 27.8 Å². The molecule has 6 nitrogen and oxygen atoms in total. The minimum Gasteiger partial charge on any atom is -0.492 e. The molecule has 3 aromatic carbocycles. The zero-order chi connectivity index (χ0) is 21.7. The molecule has 0 aliphatic carbocycles. The molecule has 0 bridgehead atoms. The van der Waals surface area contributed by atoms with Crippen molar-refractivity contribution < 1.29 is 22.3 Å². The van der Waals surface area contributed by atoms with Gasteiger partial charge in [0.2, 0.25) is 15.9 Å². The van der Waals surface area contributed by atoms with Gasteiger partial charge in [0, 0.05) is 0 Å². The van der Waals surface area contributed by atoms with E-state index in [0.29, 0.717) is 5.75 Å². The van der Waals surface area contributed by atoms with E-state index in [4.69, 9.17) is 4.74 Å². The van der Waals surface area contributed by atoms with Crippen LogP contribution in [0.25, 0.3) is 10.8 Å². The molecule has 0 spiro atoms. The first-order chi connectivity index (χ1) is 14.3. The van der Waals surface area contributed by atoms with Crippen LogP contribution in [-0.2, 0) is 14.8 Å². The lowest BCUT2D eigenvalue weighted by molar-refractivity contribution is -0.121. The lowest BCUT2D eigenvalue weighted by Crippen LogP contribution is -2.48. The van der Waals surface area contributed by atoms with Crippen LogP contribution in [0.5, 0.6) is 5.75 Å². The van der Waals surface area contributed by atoms with Crippen LogP contribution in [0.1, 0.15) is 6.92 Å². The lowest BCUT2D eigenvalue weighted by Gasteiger charge is -2.28. The maximum atomic E-state index is 13.5. The second-order valence-electron chi connectivity index (χ2n) is 6.86. The number of fused-ring (bicyclic) bond motifs is 1. The van der Waals surface area contributed by atoms with E-state index in [0.717, 1.165) is 27.4 Å². The van der Waals surface area contributed by atoms with E-state index in [9.17, 15) is 17.6 Å². The summed E-state index contributed by atoms with van der Waals surface area (Å²) < 4.78 is 44.5. The fraction of sp³-hybridized carbons (Fsp3) is 0.227. The molecule has 3 aromatic rings. The molecule has 158 valence electrons. The van der Waals surface area contributed by atoms with E-state index in [1.165, 1.54) is 25.1 Å². The molecule has 0 unspecified atom stereocenters. The topological polar surface area (TPSA) is 75.7 Å². The number of carbonyl (C=O) groups excluding carboxylic acids is 1. The first-order valence-corrected chi connectivity index (χ1v) is 11.2. The van der Waals surface area contributed by atoms with Crippen molar-refractivity contribution in [3.05, 3.63) is 72.5 Å². The van der Waals surface area contributed by atoms with Gasteiger partial charge >= 0.3 is 0 Å². The van der Waals surface area contributed by atoms with Gasteiger partial charge in [0.1, 0.15) is 24.2 Å². The van der Waals surface area contributed by atoms with E-state index in [-0.39, 0.29) is 18.8 Å². The van der Waals surface area contributed by atoms with Crippen molar-refractivity contribution in [2.45, 2.75) is 13.0 Å². The van der Waals surface area contributed by atoms with Gasteiger partial charge in [-0.15, -0.1) is 0 Å². The second kappa shape index (κ2) is 9.13. The summed E-state index contributed by atoms with van der Waals surface area (Å²) in [4.78, 5) is 12.5. The summed E-state index contributed by atoms with van der Waals surface area (Å²) in [5, 5.41) is 4.81. The van der Waals surface area contributed by atoms with Crippen molar-refractivity contribution >= 4 is 32.4 Å². The smallest absolute Gasteiger partial charge is 0.243 e. The van der Waals surface area contributed by atoms with Gasteiger partial charge in [0.15, 0.2) is 0 Å². The Morgan fingerprint density at radius 3 is 2.50 bits per heavy atom. The Hall–Kier alpha value is -3.13. The van der Waals surface area contributed by atoms with Crippen molar-refractivity contribution in [3.8, 4) is 5.75 Å². The van der Waals surface area contributed by atoms with E-state index in [2.05, 4.69) is 5.32 Å². The Morgan fingerprint density at radius 2 is 1.80 bits per heavy atom. The van der Waals surface area contributed by atoms with Crippen LogP contribution in [0.4, 0.5) is 10.1 Å². The molecule has 0 heterocycles. The number of nitrogens with zero attached hydrogens (tertiary/aromatic N) is 1. The number of carbonyl (C=O) groups is 1. The Morgan fingerprint density at radius 1 is 1.07 bits per heavy atom. The highest BCUT2D eigenvalue weighted by Crippen LogP contribution is 2.22. The average molecular weight is 431 g/mol. The molecular weight excluding hydrogens is 407 g/mol. The Kier molecular flexibility index (Phi) is 6.56. The number of halogens is 1. The van der Waals surface area contributed by atoms with E-state index in [1.807, 2.05) is 42.5 Å². The van der Waals surface area contributed by atoms with Crippen LogP contribution in [0.3, 0.4) is 0 Å². The van der Waals surface area contributed by atoms with Crippen LogP contribution in [-0.4, -0.2) is 39.8 Å². The molecule has 0 aromatic heterocycles. The maximum Gasteiger partial charge on any atom is 0.243 e. The van der Waals surface area contributed by atoms with E-state index >= 15 is 0 Å². The molecule has 0 saturated heterocycles. The molecule has 0 fully saturated rings. The molecule has 0 radical (unpaired) electrons. The van der Waals surface area contributed by atoms with Gasteiger partial charge in [0.25, 0.3) is 0 Å². The quantitative estimate of drug-likeness (QED) is 0.556. The first-order valence-electron chi connectivity index (χ1n) is 9.40. The molecule has 1 atom stereocenters. The predicted octanol–water partition coefficient (Wildman–Crippen LogP) is 3.33. The second-order valence-corrected chi connectivity index (χ2v) is 8.72. The average Bonchev–Trinajstić information content (AvgIpc) is 2.70. The number of nitrogens with one attached hydrogen (secondary N) is 1. The number of amides is 1. The Labute approximate surface area is 175 Å². The van der Waals surface area contributed by atoms with Crippen LogP contribution >= 0.6 is 0 Å². The summed E-state index contributed by atoms with van der Waals surface area (Å²) in [6, 6.07) is 17.7. The number of hydrogen-bond donors (Lipinski definition) is 1. The van der Waals surface area contributed by atoms with Crippen molar-refractivity contribution in [1.29, 1.82) is 0 Å². The summed E-state index contributed by atoms with van der Waals surface area (Å²) >= 11 is 0. The highest BCUT2D eigenvalue weighted by atomic mass is 32.2. The van der Waals surface area contributed by atoms with Crippen molar-refractivity contribution in [3.63, 3.8) is 0 Å². The third-order valence-electron chi connectivity index (χ3n) is 4.54. The predicted molar refractivity (Wildman–Crippen MR) is 116 cm³/mol. The molecule has 30 heavy (non-hydrogen) atoms. The van der Waals surface area contributed by atoms with E-state index in [1.54, 1.807) is 0 Å². The number of benzene rings is 3. The molecule has 0 saturated carbocycles. The monoisotopic (exact) mass is 430 g/mol. The molecule has 0 aliphatic rings. The minimum absolute atomic E-state index is 0.0903. The van der Waals surface area contributed by atoms with Gasteiger partial charge in [-0.05, 0) is 48.0 Å². The summed E-state index contributed by atoms with van der Waals surface area (Å²) in [5.41, 5.74) is 0.0903. The molecule has 1 N–H and O–H groups in total. The fourth-order valence-corrected chi connectivity index (χ4v) is 4.34. The molecule has 0 aliphatic heterocycles. The van der Waals surface area contributed by atoms with Crippen LogP contribution < -0.4 is 14.4 Å². The summed E-state index contributed by atoms with van der Waals surface area (Å²) in [6.45, 7) is 1.86. The SMILES string of the molecule is C[C@@H](C(=O)NCCOc1ccc2ccccc2c1)N(c1cccc(F)c1)S(C)(=O)=O. The first kappa shape index (κ1) is 21.6. The van der Waals surface area contributed by atoms with Crippen LogP contribution in [0.2, 0.25) is 0 Å². The van der Waals surface area contributed by atoms with Gasteiger partial charge in [0.05, 0.1) is 18.5 Å². The Bertz CT molecular complexity index is 1150. The fourth-order valence-electron chi connectivity index (χ4n) is 3.17. The zero-order valence-corrected chi connectivity index (χ0v) is 17.5. The minimum atomic E-state index is -3.80. The number of ether oxygens (including phenoxy) is 1. The van der Waals surface area contributed by atoms with Gasteiger partial charge < -0.3 is 10.1 Å². The maximum absolute atomic E-state index is 13.5.